The summed E-state index contributed by atoms with van der Waals surface area (Å²) >= 11 is 2.48. The van der Waals surface area contributed by atoms with Gasteiger partial charge in [-0.2, -0.15) is 0 Å². The summed E-state index contributed by atoms with van der Waals surface area (Å²) in [7, 11) is 0. The van der Waals surface area contributed by atoms with Gasteiger partial charge in [0.1, 0.15) is 0 Å². The molecule has 6 heteroatoms. The lowest BCUT2D eigenvalue weighted by atomic mass is 10.2. The highest BCUT2D eigenvalue weighted by molar-refractivity contribution is 8.12. The van der Waals surface area contributed by atoms with Crippen LogP contribution in [0.4, 0.5) is 0 Å². The summed E-state index contributed by atoms with van der Waals surface area (Å²) in [5.41, 5.74) is 0.859. The van der Waals surface area contributed by atoms with E-state index in [0.717, 1.165) is 29.8 Å². The summed E-state index contributed by atoms with van der Waals surface area (Å²) in [6.45, 7) is 0. The molecule has 0 aromatic heterocycles. The van der Waals surface area contributed by atoms with Gasteiger partial charge in [-0.3, -0.25) is 9.63 Å². The van der Waals surface area contributed by atoms with Gasteiger partial charge in [0.15, 0.2) is 6.10 Å². The highest BCUT2D eigenvalue weighted by atomic mass is 32.2. The Morgan fingerprint density at radius 3 is 3.18 bits per heavy atom. The topological polar surface area (TPSA) is 50.7 Å². The van der Waals surface area contributed by atoms with Crippen LogP contribution >= 0.6 is 23.9 Å². The van der Waals surface area contributed by atoms with Crippen LogP contribution in [-0.4, -0.2) is 22.7 Å². The summed E-state index contributed by atoms with van der Waals surface area (Å²) < 4.78 is 4.10. The maximum atomic E-state index is 11.0. The second kappa shape index (κ2) is 3.14. The minimum Gasteiger partial charge on any atom is -0.282 e. The Kier molecular flexibility index (Phi) is 2.17. The molecule has 4 nitrogen and oxygen atoms in total. The van der Waals surface area contributed by atoms with Crippen molar-refractivity contribution >= 4 is 34.7 Å². The van der Waals surface area contributed by atoms with Crippen LogP contribution in [0.25, 0.3) is 0 Å². The van der Waals surface area contributed by atoms with Crippen molar-refractivity contribution in [3.05, 3.63) is 0 Å². The largest absolute Gasteiger partial charge is 0.282 e. The molecular formula is C5H6N2O2S2. The van der Waals surface area contributed by atoms with Gasteiger partial charge in [-0.15, -0.1) is 4.89 Å². The van der Waals surface area contributed by atoms with Crippen LogP contribution in [0.1, 0.15) is 6.42 Å². The molecule has 0 radical (unpaired) electrons. The molecule has 1 fully saturated rings. The van der Waals surface area contributed by atoms with E-state index in [0.29, 0.717) is 0 Å². The Morgan fingerprint density at radius 1 is 1.73 bits per heavy atom. The zero-order valence-electron chi connectivity index (χ0n) is 5.57. The third kappa shape index (κ3) is 1.44. The molecule has 1 atom stereocenters. The van der Waals surface area contributed by atoms with E-state index in [4.69, 9.17) is 4.84 Å². The number of nitrogens with one attached hydrogen (secondary N) is 1. The van der Waals surface area contributed by atoms with Crippen LogP contribution in [0.3, 0.4) is 0 Å². The lowest BCUT2D eigenvalue weighted by molar-refractivity contribution is -0.116. The molecule has 1 N–H and O–H groups in total. The molecule has 2 rings (SSSR count). The summed E-state index contributed by atoms with van der Waals surface area (Å²) in [5, 5.41) is 0.00579. The molecule has 0 aromatic rings. The molecule has 0 aromatic carbocycles. The summed E-state index contributed by atoms with van der Waals surface area (Å²) in [5.74, 6) is 0.965. The average Bonchev–Trinajstić information content (AvgIpc) is 2.55. The molecule has 0 aliphatic carbocycles. The third-order valence-corrected chi connectivity index (χ3v) is 2.80. The van der Waals surface area contributed by atoms with E-state index in [9.17, 15) is 4.79 Å². The van der Waals surface area contributed by atoms with Crippen molar-refractivity contribution in [2.75, 3.05) is 5.75 Å². The SMILES string of the molecule is O=C1SNOC1C1=NSCC1. The maximum Gasteiger partial charge on any atom is 0.242 e. The smallest absolute Gasteiger partial charge is 0.242 e. The van der Waals surface area contributed by atoms with Crippen molar-refractivity contribution < 1.29 is 9.63 Å². The molecule has 60 valence electrons. The van der Waals surface area contributed by atoms with E-state index in [1.807, 2.05) is 0 Å². The number of nitrogens with zero attached hydrogens (tertiary/aromatic N) is 1. The van der Waals surface area contributed by atoms with Crippen LogP contribution in [0.2, 0.25) is 0 Å². The molecular weight excluding hydrogens is 184 g/mol. The van der Waals surface area contributed by atoms with E-state index in [2.05, 4.69) is 9.28 Å². The minimum absolute atomic E-state index is 0.00579. The van der Waals surface area contributed by atoms with Gasteiger partial charge in [0, 0.05) is 24.1 Å². The van der Waals surface area contributed by atoms with Crippen molar-refractivity contribution in [1.82, 2.24) is 4.89 Å². The Morgan fingerprint density at radius 2 is 2.64 bits per heavy atom. The number of hydrogen-bond acceptors (Lipinski definition) is 6. The first-order chi connectivity index (χ1) is 5.38. The predicted molar refractivity (Wildman–Crippen MR) is 45.1 cm³/mol. The van der Waals surface area contributed by atoms with Crippen molar-refractivity contribution in [2.24, 2.45) is 4.40 Å². The standard InChI is InChI=1S/C5H6N2O2S2/c8-5-4(9-7-11-5)3-1-2-10-6-3/h4,7H,1-2H2. The average molecular weight is 190 g/mol. The predicted octanol–water partition coefficient (Wildman–Crippen LogP) is 0.557. The Balaban J connectivity index is 2.08. The molecule has 2 aliphatic rings. The Bertz CT molecular complexity index is 219. The van der Waals surface area contributed by atoms with Gasteiger partial charge in [-0.25, -0.2) is 4.40 Å². The van der Waals surface area contributed by atoms with Crippen molar-refractivity contribution in [1.29, 1.82) is 0 Å². The first-order valence-electron chi connectivity index (χ1n) is 3.18. The van der Waals surface area contributed by atoms with Gasteiger partial charge >= 0.3 is 0 Å². The van der Waals surface area contributed by atoms with Crippen molar-refractivity contribution in [3.8, 4) is 0 Å². The zero-order chi connectivity index (χ0) is 7.68. The first kappa shape index (κ1) is 7.60. The molecule has 0 amide bonds. The lowest BCUT2D eigenvalue weighted by Gasteiger charge is -2.02. The number of hydrogen-bond donors (Lipinski definition) is 1. The van der Waals surface area contributed by atoms with Gasteiger partial charge < -0.3 is 0 Å². The highest BCUT2D eigenvalue weighted by Gasteiger charge is 2.33. The fourth-order valence-electron chi connectivity index (χ4n) is 0.922. The quantitative estimate of drug-likeness (QED) is 0.612. The van der Waals surface area contributed by atoms with Gasteiger partial charge in [0.2, 0.25) is 5.12 Å². The van der Waals surface area contributed by atoms with Crippen LogP contribution in [-0.2, 0) is 9.63 Å². The van der Waals surface area contributed by atoms with Crippen LogP contribution in [0.15, 0.2) is 4.40 Å². The summed E-state index contributed by atoms with van der Waals surface area (Å²) in [6.07, 6.45) is 0.429. The number of carbonyl (C=O) groups is 1. The molecule has 2 heterocycles. The Hall–Kier alpha value is -0.0400. The molecule has 11 heavy (non-hydrogen) atoms. The molecule has 1 saturated heterocycles. The molecule has 0 saturated carbocycles. The lowest BCUT2D eigenvalue weighted by Crippen LogP contribution is -2.25. The fraction of sp³-hybridized carbons (Fsp3) is 0.600. The first-order valence-corrected chi connectivity index (χ1v) is 4.94. The normalized spacial score (nSPS) is 31.1. The van der Waals surface area contributed by atoms with Gasteiger partial charge in [0.05, 0.1) is 5.71 Å². The van der Waals surface area contributed by atoms with Crippen LogP contribution < -0.4 is 4.89 Å². The second-order valence-electron chi connectivity index (χ2n) is 2.17. The van der Waals surface area contributed by atoms with Gasteiger partial charge in [0.25, 0.3) is 0 Å². The minimum atomic E-state index is -0.435. The molecule has 0 bridgehead atoms. The summed E-state index contributed by atoms with van der Waals surface area (Å²) in [6, 6.07) is 0. The van der Waals surface area contributed by atoms with Crippen molar-refractivity contribution in [3.63, 3.8) is 0 Å². The summed E-state index contributed by atoms with van der Waals surface area (Å²) in [4.78, 5) is 18.5. The molecule has 0 spiro atoms. The van der Waals surface area contributed by atoms with E-state index >= 15 is 0 Å². The van der Waals surface area contributed by atoms with E-state index in [-0.39, 0.29) is 5.12 Å². The fourth-order valence-corrected chi connectivity index (χ4v) is 2.18. The molecule has 2 aliphatic heterocycles. The third-order valence-electron chi connectivity index (χ3n) is 1.46. The monoisotopic (exact) mass is 190 g/mol. The van der Waals surface area contributed by atoms with E-state index in [1.54, 1.807) is 0 Å². The number of carbonyl (C=O) groups excluding carboxylic acids is 1. The number of rotatable bonds is 1. The molecule has 1 unspecified atom stereocenters. The van der Waals surface area contributed by atoms with Gasteiger partial charge in [-0.1, -0.05) is 0 Å². The van der Waals surface area contributed by atoms with Crippen molar-refractivity contribution in [2.45, 2.75) is 12.5 Å². The van der Waals surface area contributed by atoms with Crippen LogP contribution in [0, 0.1) is 0 Å². The van der Waals surface area contributed by atoms with Crippen LogP contribution in [0.5, 0.6) is 0 Å². The maximum absolute atomic E-state index is 11.0. The highest BCUT2D eigenvalue weighted by Crippen LogP contribution is 2.23. The Labute approximate surface area is 72.4 Å². The van der Waals surface area contributed by atoms with Gasteiger partial charge in [-0.05, 0) is 11.9 Å². The zero-order valence-corrected chi connectivity index (χ0v) is 7.20. The van der Waals surface area contributed by atoms with E-state index in [1.165, 1.54) is 11.9 Å². The second-order valence-corrected chi connectivity index (χ2v) is 3.79. The van der Waals surface area contributed by atoms with E-state index < -0.39 is 6.10 Å².